The third-order valence-corrected chi connectivity index (χ3v) is 3.21. The van der Waals surface area contributed by atoms with Gasteiger partial charge in [-0.3, -0.25) is 9.59 Å². The zero-order valence-electron chi connectivity index (χ0n) is 11.9. The van der Waals surface area contributed by atoms with Crippen molar-refractivity contribution < 1.29 is 24.2 Å². The Morgan fingerprint density at radius 2 is 2.10 bits per heavy atom. The lowest BCUT2D eigenvalue weighted by Crippen LogP contribution is -2.26. The van der Waals surface area contributed by atoms with Crippen molar-refractivity contribution in [3.8, 4) is 0 Å². The first kappa shape index (κ1) is 15.0. The number of nitrogens with zero attached hydrogens (tertiary/aromatic N) is 1. The maximum atomic E-state index is 11.9. The highest BCUT2D eigenvalue weighted by Gasteiger charge is 2.35. The quantitative estimate of drug-likeness (QED) is 0.853. The molecule has 1 amide bonds. The van der Waals surface area contributed by atoms with Crippen LogP contribution in [0.5, 0.6) is 0 Å². The lowest BCUT2D eigenvalue weighted by Gasteiger charge is -2.17. The Hall–Kier alpha value is -2.37. The number of carbonyl (C=O) groups is 3. The number of anilines is 1. The molecular formula is C15H17NO5. The Morgan fingerprint density at radius 3 is 2.67 bits per heavy atom. The second-order valence-electron chi connectivity index (χ2n) is 5.25. The van der Waals surface area contributed by atoms with Crippen LogP contribution in [0.4, 0.5) is 5.69 Å². The largest absolute Gasteiger partial charge is 0.481 e. The zero-order valence-corrected chi connectivity index (χ0v) is 11.9. The molecular weight excluding hydrogens is 274 g/mol. The average Bonchev–Trinajstić information content (AvgIpc) is 2.80. The van der Waals surface area contributed by atoms with Crippen molar-refractivity contribution in [1.82, 2.24) is 0 Å². The van der Waals surface area contributed by atoms with Crippen LogP contribution >= 0.6 is 0 Å². The fourth-order valence-corrected chi connectivity index (χ4v) is 2.21. The second kappa shape index (κ2) is 5.95. The number of carboxylic acid groups (broad SMARTS) is 1. The van der Waals surface area contributed by atoms with E-state index >= 15 is 0 Å². The van der Waals surface area contributed by atoms with Crippen LogP contribution in [0, 0.1) is 5.92 Å². The molecule has 0 spiro atoms. The fourth-order valence-electron chi connectivity index (χ4n) is 2.21. The summed E-state index contributed by atoms with van der Waals surface area (Å²) in [5.74, 6) is -2.41. The highest BCUT2D eigenvalue weighted by Crippen LogP contribution is 2.26. The molecule has 1 heterocycles. The summed E-state index contributed by atoms with van der Waals surface area (Å²) >= 11 is 0. The summed E-state index contributed by atoms with van der Waals surface area (Å²) in [7, 11) is 0. The Kier molecular flexibility index (Phi) is 4.26. The summed E-state index contributed by atoms with van der Waals surface area (Å²) in [6.07, 6.45) is -0.248. The molecule has 0 aliphatic carbocycles. The summed E-state index contributed by atoms with van der Waals surface area (Å²) in [5, 5.41) is 8.98. The lowest BCUT2D eigenvalue weighted by atomic mass is 10.1. The van der Waals surface area contributed by atoms with Gasteiger partial charge in [-0.1, -0.05) is 6.07 Å². The molecule has 1 atom stereocenters. The highest BCUT2D eigenvalue weighted by molar-refractivity contribution is 6.00. The van der Waals surface area contributed by atoms with Crippen molar-refractivity contribution in [2.75, 3.05) is 11.4 Å². The number of hydrogen-bond donors (Lipinski definition) is 1. The molecule has 1 unspecified atom stereocenters. The molecule has 1 aromatic carbocycles. The molecule has 1 aliphatic rings. The molecule has 1 aliphatic heterocycles. The van der Waals surface area contributed by atoms with E-state index in [1.165, 1.54) is 4.90 Å². The summed E-state index contributed by atoms with van der Waals surface area (Å²) in [6.45, 7) is 3.63. The maximum Gasteiger partial charge on any atom is 0.338 e. The van der Waals surface area contributed by atoms with Crippen LogP contribution in [0.1, 0.15) is 30.6 Å². The van der Waals surface area contributed by atoms with Gasteiger partial charge in [-0.25, -0.2) is 4.79 Å². The SMILES string of the molecule is CC(C)OC(=O)c1cccc(N2CC(C(=O)O)CC2=O)c1. The van der Waals surface area contributed by atoms with Crippen LogP contribution in [0.25, 0.3) is 0 Å². The molecule has 6 nitrogen and oxygen atoms in total. The first-order valence-corrected chi connectivity index (χ1v) is 6.72. The van der Waals surface area contributed by atoms with Gasteiger partial charge in [0.1, 0.15) is 0 Å². The van der Waals surface area contributed by atoms with Crippen molar-refractivity contribution in [1.29, 1.82) is 0 Å². The molecule has 21 heavy (non-hydrogen) atoms. The third-order valence-electron chi connectivity index (χ3n) is 3.21. The number of aliphatic carboxylic acids is 1. The van der Waals surface area contributed by atoms with Crippen LogP contribution in [0.15, 0.2) is 24.3 Å². The maximum absolute atomic E-state index is 11.9. The normalized spacial score (nSPS) is 18.1. The first-order chi connectivity index (χ1) is 9.88. The molecule has 6 heteroatoms. The van der Waals surface area contributed by atoms with Crippen molar-refractivity contribution in [2.45, 2.75) is 26.4 Å². The van der Waals surface area contributed by atoms with Crippen molar-refractivity contribution in [2.24, 2.45) is 5.92 Å². The number of amides is 1. The Morgan fingerprint density at radius 1 is 1.38 bits per heavy atom. The van der Waals surface area contributed by atoms with E-state index in [9.17, 15) is 14.4 Å². The van der Waals surface area contributed by atoms with Gasteiger partial charge >= 0.3 is 11.9 Å². The monoisotopic (exact) mass is 291 g/mol. The Labute approximate surface area is 122 Å². The van der Waals surface area contributed by atoms with E-state index in [2.05, 4.69) is 0 Å². The van der Waals surface area contributed by atoms with E-state index < -0.39 is 17.9 Å². The molecule has 0 saturated carbocycles. The van der Waals surface area contributed by atoms with Gasteiger partial charge in [-0.15, -0.1) is 0 Å². The number of hydrogen-bond acceptors (Lipinski definition) is 4. The number of rotatable bonds is 4. The van der Waals surface area contributed by atoms with Crippen LogP contribution in [-0.2, 0) is 14.3 Å². The number of carboxylic acids is 1. The minimum absolute atomic E-state index is 0.0179. The predicted octanol–water partition coefficient (Wildman–Crippen LogP) is 1.69. The van der Waals surface area contributed by atoms with Crippen LogP contribution in [-0.4, -0.2) is 35.6 Å². The molecule has 1 N–H and O–H groups in total. The highest BCUT2D eigenvalue weighted by atomic mass is 16.5. The molecule has 1 aromatic rings. The van der Waals surface area contributed by atoms with Gasteiger partial charge in [0.05, 0.1) is 17.6 Å². The molecule has 0 radical (unpaired) electrons. The van der Waals surface area contributed by atoms with E-state index in [1.807, 2.05) is 0 Å². The number of carbonyl (C=O) groups excluding carboxylic acids is 2. The lowest BCUT2D eigenvalue weighted by molar-refractivity contribution is -0.141. The van der Waals surface area contributed by atoms with Gasteiger partial charge in [-0.05, 0) is 32.0 Å². The summed E-state index contributed by atoms with van der Waals surface area (Å²) in [6, 6.07) is 6.47. The topological polar surface area (TPSA) is 83.9 Å². The Balaban J connectivity index is 2.20. The average molecular weight is 291 g/mol. The number of ether oxygens (including phenoxy) is 1. The van der Waals surface area contributed by atoms with Crippen LogP contribution in [0.2, 0.25) is 0 Å². The van der Waals surface area contributed by atoms with Gasteiger partial charge < -0.3 is 14.7 Å². The van der Waals surface area contributed by atoms with Gasteiger partial charge in [0.25, 0.3) is 0 Å². The molecule has 2 rings (SSSR count). The molecule has 112 valence electrons. The van der Waals surface area contributed by atoms with Gasteiger partial charge in [0.2, 0.25) is 5.91 Å². The third kappa shape index (κ3) is 3.39. The minimum Gasteiger partial charge on any atom is -0.481 e. The number of esters is 1. The van der Waals surface area contributed by atoms with Gasteiger partial charge in [0.15, 0.2) is 0 Å². The van der Waals surface area contributed by atoms with E-state index in [0.29, 0.717) is 11.3 Å². The molecule has 0 bridgehead atoms. The fraction of sp³-hybridized carbons (Fsp3) is 0.400. The van der Waals surface area contributed by atoms with E-state index in [-0.39, 0.29) is 25.0 Å². The summed E-state index contributed by atoms with van der Waals surface area (Å²) < 4.78 is 5.10. The second-order valence-corrected chi connectivity index (χ2v) is 5.25. The van der Waals surface area contributed by atoms with Crippen molar-refractivity contribution >= 4 is 23.5 Å². The van der Waals surface area contributed by atoms with Gasteiger partial charge in [-0.2, -0.15) is 0 Å². The van der Waals surface area contributed by atoms with Crippen molar-refractivity contribution in [3.63, 3.8) is 0 Å². The van der Waals surface area contributed by atoms with E-state index in [0.717, 1.165) is 0 Å². The van der Waals surface area contributed by atoms with Crippen molar-refractivity contribution in [3.05, 3.63) is 29.8 Å². The van der Waals surface area contributed by atoms with E-state index in [1.54, 1.807) is 38.1 Å². The first-order valence-electron chi connectivity index (χ1n) is 6.72. The standard InChI is InChI=1S/C15H17NO5/c1-9(2)21-15(20)10-4-3-5-12(6-10)16-8-11(14(18)19)7-13(16)17/h3-6,9,11H,7-8H2,1-2H3,(H,18,19). The zero-order chi connectivity index (χ0) is 15.6. The summed E-state index contributed by atoms with van der Waals surface area (Å²) in [4.78, 5) is 36.1. The van der Waals surface area contributed by atoms with Crippen LogP contribution in [0.3, 0.4) is 0 Å². The predicted molar refractivity (Wildman–Crippen MR) is 75.1 cm³/mol. The van der Waals surface area contributed by atoms with Crippen LogP contribution < -0.4 is 4.90 Å². The summed E-state index contributed by atoms with van der Waals surface area (Å²) in [5.41, 5.74) is 0.856. The van der Waals surface area contributed by atoms with Gasteiger partial charge in [0, 0.05) is 18.7 Å². The smallest absolute Gasteiger partial charge is 0.338 e. The minimum atomic E-state index is -0.985. The van der Waals surface area contributed by atoms with E-state index in [4.69, 9.17) is 9.84 Å². The Bertz CT molecular complexity index is 581. The molecule has 1 saturated heterocycles. The molecule has 0 aromatic heterocycles. The number of benzene rings is 1. The molecule has 1 fully saturated rings.